The van der Waals surface area contributed by atoms with E-state index in [1.807, 2.05) is 18.2 Å². The van der Waals surface area contributed by atoms with Crippen molar-refractivity contribution in [1.29, 1.82) is 0 Å². The number of nitrogens with one attached hydrogen (secondary N) is 3. The van der Waals surface area contributed by atoms with Gasteiger partial charge in [0, 0.05) is 18.2 Å². The van der Waals surface area contributed by atoms with Gasteiger partial charge in [-0.05, 0) is 36.5 Å². The lowest BCUT2D eigenvalue weighted by molar-refractivity contribution is 0.0963. The first-order valence-electron chi connectivity index (χ1n) is 6.36. The summed E-state index contributed by atoms with van der Waals surface area (Å²) in [6.45, 7) is 0. The van der Waals surface area contributed by atoms with Gasteiger partial charge in [0.25, 0.3) is 5.91 Å². The molecular formula is C14H15N5O2S. The largest absolute Gasteiger partial charge is 0.455 e. The molecule has 0 fully saturated rings. The summed E-state index contributed by atoms with van der Waals surface area (Å²) < 4.78 is 5.63. The minimum absolute atomic E-state index is 0.130. The molecule has 0 spiro atoms. The molecule has 0 aliphatic heterocycles. The fourth-order valence-electron chi connectivity index (χ4n) is 1.69. The summed E-state index contributed by atoms with van der Waals surface area (Å²) in [5, 5.41) is 6.63. The molecule has 0 bridgehead atoms. The van der Waals surface area contributed by atoms with Crippen molar-refractivity contribution in [2.75, 3.05) is 7.05 Å². The highest BCUT2D eigenvalue weighted by Gasteiger charge is 2.06. The first kappa shape index (κ1) is 15.7. The minimum atomic E-state index is -0.130. The van der Waals surface area contributed by atoms with Crippen LogP contribution < -0.4 is 22.0 Å². The van der Waals surface area contributed by atoms with Gasteiger partial charge in [0.2, 0.25) is 5.11 Å². The van der Waals surface area contributed by atoms with Crippen LogP contribution in [-0.4, -0.2) is 24.3 Å². The number of benzene rings is 1. The van der Waals surface area contributed by atoms with Crippen LogP contribution in [0, 0.1) is 0 Å². The molecule has 7 nitrogen and oxygen atoms in total. The van der Waals surface area contributed by atoms with Gasteiger partial charge in [-0.2, -0.15) is 5.10 Å². The first-order chi connectivity index (χ1) is 10.6. The minimum Gasteiger partial charge on any atom is -0.455 e. The van der Waals surface area contributed by atoms with Crippen LogP contribution in [-0.2, 0) is 0 Å². The molecule has 0 aliphatic carbocycles. The highest BCUT2D eigenvalue weighted by Crippen LogP contribution is 2.22. The zero-order valence-electron chi connectivity index (χ0n) is 11.8. The van der Waals surface area contributed by atoms with Gasteiger partial charge in [0.1, 0.15) is 11.5 Å². The van der Waals surface area contributed by atoms with Crippen molar-refractivity contribution >= 4 is 29.5 Å². The predicted octanol–water partition coefficient (Wildman–Crippen LogP) is 0.978. The molecule has 8 heteroatoms. The normalized spacial score (nSPS) is 10.5. The molecule has 0 saturated heterocycles. The monoisotopic (exact) mass is 317 g/mol. The second-order valence-corrected chi connectivity index (χ2v) is 4.61. The SMILES string of the molecule is CNC(=O)c1ccc(-c2ccc(/C=N/NC(=S)NN)o2)cc1. The molecule has 2 aromatic rings. The van der Waals surface area contributed by atoms with Crippen molar-refractivity contribution < 1.29 is 9.21 Å². The molecule has 1 amide bonds. The molecule has 0 atom stereocenters. The maximum atomic E-state index is 11.5. The summed E-state index contributed by atoms with van der Waals surface area (Å²) >= 11 is 4.77. The summed E-state index contributed by atoms with van der Waals surface area (Å²) in [6.07, 6.45) is 1.48. The van der Waals surface area contributed by atoms with Crippen LogP contribution in [0.25, 0.3) is 11.3 Å². The van der Waals surface area contributed by atoms with E-state index >= 15 is 0 Å². The summed E-state index contributed by atoms with van der Waals surface area (Å²) in [6, 6.07) is 10.7. The van der Waals surface area contributed by atoms with E-state index in [1.54, 1.807) is 25.2 Å². The number of hydrazone groups is 1. The Bertz CT molecular complexity index is 694. The third kappa shape index (κ3) is 3.90. The number of carbonyl (C=O) groups excluding carboxylic acids is 1. The zero-order chi connectivity index (χ0) is 15.9. The highest BCUT2D eigenvalue weighted by molar-refractivity contribution is 7.80. The van der Waals surface area contributed by atoms with Crippen molar-refractivity contribution in [2.24, 2.45) is 10.9 Å². The van der Waals surface area contributed by atoms with Gasteiger partial charge in [0.05, 0.1) is 6.21 Å². The molecule has 1 aromatic carbocycles. The van der Waals surface area contributed by atoms with Crippen LogP contribution in [0.15, 0.2) is 45.9 Å². The van der Waals surface area contributed by atoms with Gasteiger partial charge in [0.15, 0.2) is 0 Å². The number of nitrogens with zero attached hydrogens (tertiary/aromatic N) is 1. The molecule has 0 unspecified atom stereocenters. The van der Waals surface area contributed by atoms with Gasteiger partial charge in [-0.3, -0.25) is 15.6 Å². The Kier molecular flexibility index (Phi) is 5.23. The number of carbonyl (C=O) groups is 1. The summed E-state index contributed by atoms with van der Waals surface area (Å²) in [5.41, 5.74) is 6.21. The second-order valence-electron chi connectivity index (χ2n) is 4.20. The molecule has 0 radical (unpaired) electrons. The number of furan rings is 1. The van der Waals surface area contributed by atoms with Gasteiger partial charge in [-0.25, -0.2) is 5.84 Å². The van der Waals surface area contributed by atoms with Gasteiger partial charge in [-0.1, -0.05) is 12.1 Å². The van der Waals surface area contributed by atoms with Crippen LogP contribution in [0.2, 0.25) is 0 Å². The Hall–Kier alpha value is -2.71. The van der Waals surface area contributed by atoms with E-state index in [0.717, 1.165) is 5.56 Å². The number of hydrogen-bond acceptors (Lipinski definition) is 5. The average Bonchev–Trinajstić information content (AvgIpc) is 3.03. The third-order valence-electron chi connectivity index (χ3n) is 2.77. The van der Waals surface area contributed by atoms with E-state index in [1.165, 1.54) is 6.21 Å². The van der Waals surface area contributed by atoms with Crippen LogP contribution in [0.3, 0.4) is 0 Å². The Morgan fingerprint density at radius 3 is 2.64 bits per heavy atom. The van der Waals surface area contributed by atoms with E-state index in [4.69, 9.17) is 22.5 Å². The van der Waals surface area contributed by atoms with E-state index in [9.17, 15) is 4.79 Å². The summed E-state index contributed by atoms with van der Waals surface area (Å²) in [4.78, 5) is 11.5. The Morgan fingerprint density at radius 2 is 2.00 bits per heavy atom. The quantitative estimate of drug-likeness (QED) is 0.290. The lowest BCUT2D eigenvalue weighted by Crippen LogP contribution is -2.37. The zero-order valence-corrected chi connectivity index (χ0v) is 12.6. The van der Waals surface area contributed by atoms with E-state index < -0.39 is 0 Å². The maximum Gasteiger partial charge on any atom is 0.251 e. The standard InChI is InChI=1S/C14H15N5O2S/c1-16-13(20)10-4-2-9(3-5-10)12-7-6-11(21-12)8-17-19-14(22)18-15/h2-8H,15H2,1H3,(H,16,20)(H2,18,19,22)/b17-8+. The lowest BCUT2D eigenvalue weighted by atomic mass is 10.1. The smallest absolute Gasteiger partial charge is 0.251 e. The molecule has 0 saturated carbocycles. The number of rotatable bonds is 4. The molecule has 22 heavy (non-hydrogen) atoms. The fraction of sp³-hybridized carbons (Fsp3) is 0.0714. The van der Waals surface area contributed by atoms with Crippen molar-refractivity contribution in [2.45, 2.75) is 0 Å². The van der Waals surface area contributed by atoms with Crippen LogP contribution in [0.1, 0.15) is 16.1 Å². The van der Waals surface area contributed by atoms with E-state index in [2.05, 4.69) is 21.3 Å². The Morgan fingerprint density at radius 1 is 1.27 bits per heavy atom. The number of hydrogen-bond donors (Lipinski definition) is 4. The molecule has 1 heterocycles. The highest BCUT2D eigenvalue weighted by atomic mass is 32.1. The van der Waals surface area contributed by atoms with Crippen molar-refractivity contribution in [3.8, 4) is 11.3 Å². The molecule has 2 rings (SSSR count). The predicted molar refractivity (Wildman–Crippen MR) is 88.2 cm³/mol. The number of thiocarbonyl (C=S) groups is 1. The fourth-order valence-corrected chi connectivity index (χ4v) is 1.75. The Balaban J connectivity index is 2.08. The Labute approximate surface area is 132 Å². The molecule has 1 aromatic heterocycles. The average molecular weight is 317 g/mol. The molecular weight excluding hydrogens is 302 g/mol. The van der Waals surface area contributed by atoms with Crippen molar-refractivity contribution in [1.82, 2.24) is 16.2 Å². The second kappa shape index (κ2) is 7.34. The van der Waals surface area contributed by atoms with Gasteiger partial charge < -0.3 is 9.73 Å². The topological polar surface area (TPSA) is 105 Å². The number of hydrazine groups is 1. The van der Waals surface area contributed by atoms with Gasteiger partial charge >= 0.3 is 0 Å². The van der Waals surface area contributed by atoms with Crippen molar-refractivity contribution in [3.63, 3.8) is 0 Å². The summed E-state index contributed by atoms with van der Waals surface area (Å²) in [7, 11) is 1.59. The van der Waals surface area contributed by atoms with Crippen LogP contribution >= 0.6 is 12.2 Å². The van der Waals surface area contributed by atoms with E-state index in [-0.39, 0.29) is 11.0 Å². The maximum absolute atomic E-state index is 11.5. The molecule has 0 aliphatic rings. The number of nitrogens with two attached hydrogens (primary N) is 1. The molecule has 5 N–H and O–H groups in total. The van der Waals surface area contributed by atoms with E-state index in [0.29, 0.717) is 17.1 Å². The first-order valence-corrected chi connectivity index (χ1v) is 6.77. The summed E-state index contributed by atoms with van der Waals surface area (Å²) in [5.74, 6) is 6.19. The number of amides is 1. The molecule has 114 valence electrons. The third-order valence-corrected chi connectivity index (χ3v) is 2.98. The van der Waals surface area contributed by atoms with Gasteiger partial charge in [-0.15, -0.1) is 0 Å². The van der Waals surface area contributed by atoms with Crippen LogP contribution in [0.4, 0.5) is 0 Å². The van der Waals surface area contributed by atoms with Crippen molar-refractivity contribution in [3.05, 3.63) is 47.7 Å². The van der Waals surface area contributed by atoms with Crippen LogP contribution in [0.5, 0.6) is 0 Å². The lowest BCUT2D eigenvalue weighted by Gasteiger charge is -2.01.